The van der Waals surface area contributed by atoms with Crippen LogP contribution in [0.3, 0.4) is 0 Å². The first-order valence-electron chi connectivity index (χ1n) is 6.32. The van der Waals surface area contributed by atoms with Crippen LogP contribution >= 0.6 is 24.8 Å². The third-order valence-corrected chi connectivity index (χ3v) is 3.32. The lowest BCUT2D eigenvalue weighted by Gasteiger charge is -2.24. The van der Waals surface area contributed by atoms with E-state index < -0.39 is 0 Å². The summed E-state index contributed by atoms with van der Waals surface area (Å²) in [6, 6.07) is 2.14. The van der Waals surface area contributed by atoms with E-state index in [-0.39, 0.29) is 30.9 Å². The summed E-state index contributed by atoms with van der Waals surface area (Å²) in [5.74, 6) is 1.91. The molecule has 0 aromatic carbocycles. The number of nitrogens with zero attached hydrogens (tertiary/aromatic N) is 3. The SMILES string of the molecule is Cl.Cl.c1cc(N2CCCC2)nc(C2COCCN2)n1. The van der Waals surface area contributed by atoms with Gasteiger partial charge in [-0.05, 0) is 18.9 Å². The third kappa shape index (κ3) is 3.92. The smallest absolute Gasteiger partial charge is 0.149 e. The molecule has 2 aliphatic heterocycles. The van der Waals surface area contributed by atoms with Gasteiger partial charge in [-0.15, -0.1) is 24.8 Å². The van der Waals surface area contributed by atoms with E-state index in [1.165, 1.54) is 12.8 Å². The standard InChI is InChI=1S/C12H18N4O.2ClH/c1-2-7-16(6-1)11-3-4-14-12(15-11)10-9-17-8-5-13-10;;/h3-4,10,13H,1-2,5-9H2;2*1H. The molecular formula is C12H20Cl2N4O. The van der Waals surface area contributed by atoms with Gasteiger partial charge in [-0.2, -0.15) is 0 Å². The van der Waals surface area contributed by atoms with Crippen LogP contribution in [0.1, 0.15) is 24.7 Å². The zero-order valence-electron chi connectivity index (χ0n) is 10.7. The second kappa shape index (κ2) is 7.85. The normalized spacial score (nSPS) is 22.5. The number of rotatable bonds is 2. The lowest BCUT2D eigenvalue weighted by molar-refractivity contribution is 0.0742. The van der Waals surface area contributed by atoms with Crippen molar-refractivity contribution in [1.29, 1.82) is 0 Å². The molecule has 2 saturated heterocycles. The summed E-state index contributed by atoms with van der Waals surface area (Å²) >= 11 is 0. The molecule has 2 aliphatic rings. The van der Waals surface area contributed by atoms with Crippen LogP contribution < -0.4 is 10.2 Å². The van der Waals surface area contributed by atoms with Gasteiger partial charge in [0.15, 0.2) is 0 Å². The first-order chi connectivity index (χ1) is 8.43. The Bertz CT molecular complexity index is 382. The van der Waals surface area contributed by atoms with Crippen molar-refractivity contribution < 1.29 is 4.74 Å². The summed E-state index contributed by atoms with van der Waals surface area (Å²) in [7, 11) is 0. The zero-order valence-corrected chi connectivity index (χ0v) is 12.4. The lowest BCUT2D eigenvalue weighted by Crippen LogP contribution is -2.36. The van der Waals surface area contributed by atoms with Crippen molar-refractivity contribution in [2.45, 2.75) is 18.9 Å². The molecule has 108 valence electrons. The molecule has 0 spiro atoms. The fourth-order valence-corrected chi connectivity index (χ4v) is 2.39. The van der Waals surface area contributed by atoms with Crippen molar-refractivity contribution in [3.05, 3.63) is 18.1 Å². The van der Waals surface area contributed by atoms with Gasteiger partial charge in [-0.3, -0.25) is 0 Å². The molecule has 1 N–H and O–H groups in total. The summed E-state index contributed by atoms with van der Waals surface area (Å²) in [6.45, 7) is 4.56. The van der Waals surface area contributed by atoms with E-state index in [9.17, 15) is 0 Å². The third-order valence-electron chi connectivity index (χ3n) is 3.32. The van der Waals surface area contributed by atoms with Crippen LogP contribution in [-0.4, -0.2) is 42.8 Å². The molecule has 1 unspecified atom stereocenters. The van der Waals surface area contributed by atoms with Crippen molar-refractivity contribution in [2.24, 2.45) is 0 Å². The monoisotopic (exact) mass is 306 g/mol. The molecule has 5 nitrogen and oxygen atoms in total. The Hall–Kier alpha value is -0.620. The molecule has 3 heterocycles. The molecule has 1 atom stereocenters. The second-order valence-electron chi connectivity index (χ2n) is 4.55. The van der Waals surface area contributed by atoms with Crippen LogP contribution in [-0.2, 0) is 4.74 Å². The molecule has 3 rings (SSSR count). The molecule has 0 saturated carbocycles. The summed E-state index contributed by atoms with van der Waals surface area (Å²) in [4.78, 5) is 11.3. The Labute approximate surface area is 126 Å². The molecule has 2 fully saturated rings. The lowest BCUT2D eigenvalue weighted by atomic mass is 10.2. The van der Waals surface area contributed by atoms with Crippen LogP contribution in [0, 0.1) is 0 Å². The zero-order chi connectivity index (χ0) is 11.5. The molecule has 0 bridgehead atoms. The summed E-state index contributed by atoms with van der Waals surface area (Å²) < 4.78 is 5.45. The van der Waals surface area contributed by atoms with E-state index in [0.717, 1.165) is 37.9 Å². The maximum absolute atomic E-state index is 5.45. The van der Waals surface area contributed by atoms with E-state index in [1.54, 1.807) is 0 Å². The molecule has 7 heteroatoms. The van der Waals surface area contributed by atoms with Gasteiger partial charge >= 0.3 is 0 Å². The first-order valence-corrected chi connectivity index (χ1v) is 6.32. The number of halogens is 2. The second-order valence-corrected chi connectivity index (χ2v) is 4.55. The number of aromatic nitrogens is 2. The van der Waals surface area contributed by atoms with Crippen molar-refractivity contribution in [3.63, 3.8) is 0 Å². The minimum atomic E-state index is 0. The number of hydrogen-bond acceptors (Lipinski definition) is 5. The topological polar surface area (TPSA) is 50.3 Å². The number of anilines is 1. The highest BCUT2D eigenvalue weighted by Gasteiger charge is 2.20. The van der Waals surface area contributed by atoms with E-state index in [2.05, 4.69) is 20.2 Å². The van der Waals surface area contributed by atoms with Gasteiger partial charge in [0.1, 0.15) is 11.6 Å². The highest BCUT2D eigenvalue weighted by Crippen LogP contribution is 2.19. The number of ether oxygens (including phenoxy) is 1. The van der Waals surface area contributed by atoms with E-state index in [4.69, 9.17) is 4.74 Å². The van der Waals surface area contributed by atoms with Crippen molar-refractivity contribution in [3.8, 4) is 0 Å². The number of morpholine rings is 1. The van der Waals surface area contributed by atoms with Crippen LogP contribution in [0.25, 0.3) is 0 Å². The fraction of sp³-hybridized carbons (Fsp3) is 0.667. The summed E-state index contributed by atoms with van der Waals surface area (Å²) in [6.07, 6.45) is 4.39. The fourth-order valence-electron chi connectivity index (χ4n) is 2.39. The van der Waals surface area contributed by atoms with Crippen LogP contribution in [0.2, 0.25) is 0 Å². The number of nitrogens with one attached hydrogen (secondary N) is 1. The Kier molecular flexibility index (Phi) is 6.79. The summed E-state index contributed by atoms with van der Waals surface area (Å²) in [5, 5.41) is 3.38. The van der Waals surface area contributed by atoms with E-state index in [0.29, 0.717) is 6.61 Å². The highest BCUT2D eigenvalue weighted by atomic mass is 35.5. The van der Waals surface area contributed by atoms with Gasteiger partial charge in [0.05, 0.1) is 19.3 Å². The highest BCUT2D eigenvalue weighted by molar-refractivity contribution is 5.85. The van der Waals surface area contributed by atoms with E-state index >= 15 is 0 Å². The van der Waals surface area contributed by atoms with Crippen molar-refractivity contribution in [1.82, 2.24) is 15.3 Å². The van der Waals surface area contributed by atoms with Crippen molar-refractivity contribution in [2.75, 3.05) is 37.7 Å². The minimum absolute atomic E-state index is 0. The number of hydrogen-bond donors (Lipinski definition) is 1. The maximum atomic E-state index is 5.45. The van der Waals surface area contributed by atoms with Gasteiger partial charge in [0, 0.05) is 25.8 Å². The molecule has 0 radical (unpaired) electrons. The van der Waals surface area contributed by atoms with Gasteiger partial charge < -0.3 is 15.0 Å². The Morgan fingerprint density at radius 1 is 1.26 bits per heavy atom. The predicted octanol–water partition coefficient (Wildman–Crippen LogP) is 1.58. The van der Waals surface area contributed by atoms with E-state index in [1.807, 2.05) is 12.3 Å². The average Bonchev–Trinajstić information content (AvgIpc) is 2.94. The predicted molar refractivity (Wildman–Crippen MR) is 79.5 cm³/mol. The molecule has 1 aromatic heterocycles. The molecule has 19 heavy (non-hydrogen) atoms. The Morgan fingerprint density at radius 3 is 2.74 bits per heavy atom. The largest absolute Gasteiger partial charge is 0.378 e. The quantitative estimate of drug-likeness (QED) is 0.899. The van der Waals surface area contributed by atoms with Crippen molar-refractivity contribution >= 4 is 30.6 Å². The molecular weight excluding hydrogens is 287 g/mol. The first kappa shape index (κ1) is 16.4. The van der Waals surface area contributed by atoms with Gasteiger partial charge in [0.25, 0.3) is 0 Å². The van der Waals surface area contributed by atoms with Crippen LogP contribution in [0.5, 0.6) is 0 Å². The Balaban J connectivity index is 0.000000902. The van der Waals surface area contributed by atoms with Gasteiger partial charge in [-0.25, -0.2) is 9.97 Å². The van der Waals surface area contributed by atoms with Gasteiger partial charge in [0.2, 0.25) is 0 Å². The van der Waals surface area contributed by atoms with Gasteiger partial charge in [-0.1, -0.05) is 0 Å². The summed E-state index contributed by atoms with van der Waals surface area (Å²) in [5.41, 5.74) is 0. The average molecular weight is 307 g/mol. The molecule has 0 amide bonds. The Morgan fingerprint density at radius 2 is 2.05 bits per heavy atom. The van der Waals surface area contributed by atoms with Crippen LogP contribution in [0.4, 0.5) is 5.82 Å². The maximum Gasteiger partial charge on any atom is 0.149 e. The minimum Gasteiger partial charge on any atom is -0.378 e. The molecule has 1 aromatic rings. The van der Waals surface area contributed by atoms with Crippen LogP contribution in [0.15, 0.2) is 12.3 Å². The molecule has 0 aliphatic carbocycles.